The molecule has 0 spiro atoms. The number of hydrogen-bond acceptors (Lipinski definition) is 7. The van der Waals surface area contributed by atoms with Gasteiger partial charge in [-0.3, -0.25) is 0 Å². The molecule has 0 saturated carbocycles. The molecule has 0 heterocycles. The summed E-state index contributed by atoms with van der Waals surface area (Å²) < 4.78 is 0. The molecule has 0 radical (unpaired) electrons. The second-order valence-electron chi connectivity index (χ2n) is 4.19. The molecule has 0 amide bonds. The van der Waals surface area contributed by atoms with E-state index in [2.05, 4.69) is 0 Å². The van der Waals surface area contributed by atoms with E-state index in [0.717, 1.165) is 0 Å². The largest absolute Gasteiger partial charge is 0.479 e. The van der Waals surface area contributed by atoms with Gasteiger partial charge in [-0.25, -0.2) is 9.59 Å². The number of carboxylic acid groups (broad SMARTS) is 2. The molecule has 9 heteroatoms. The monoisotopic (exact) mass is 318 g/mol. The lowest BCUT2D eigenvalue weighted by molar-refractivity contribution is -0.164. The third-order valence-corrected chi connectivity index (χ3v) is 2.53. The summed E-state index contributed by atoms with van der Waals surface area (Å²) in [6.07, 6.45) is -7.84. The van der Waals surface area contributed by atoms with Crippen LogP contribution in [-0.4, -0.2) is 78.7 Å². The van der Waals surface area contributed by atoms with Crippen LogP contribution in [0.15, 0.2) is 30.3 Å². The van der Waals surface area contributed by atoms with Gasteiger partial charge in [-0.05, 0) is 12.1 Å². The van der Waals surface area contributed by atoms with Crippen molar-refractivity contribution in [1.82, 2.24) is 0 Å². The lowest BCUT2D eigenvalue weighted by atomic mass is 10.0. The Labute approximate surface area is 125 Å². The Hall–Kier alpha value is -2.04. The SMILES string of the molecule is O=C(O)C(O)C(O)C(O)C(O)CO.O=C(O)c1ccccc1. The zero-order chi connectivity index (χ0) is 17.3. The van der Waals surface area contributed by atoms with Gasteiger partial charge in [0.15, 0.2) is 6.10 Å². The van der Waals surface area contributed by atoms with Gasteiger partial charge in [0.05, 0.1) is 12.2 Å². The minimum absolute atomic E-state index is 0.331. The standard InChI is InChI=1S/C7H6O2.C6H12O7/c8-7(9)6-4-2-1-3-5-6;7-1-2(8)3(9)4(10)5(11)6(12)13/h1-5H,(H,8,9);2-5,7-11H,1H2,(H,12,13). The molecule has 0 aliphatic heterocycles. The van der Waals surface area contributed by atoms with Crippen molar-refractivity contribution in [3.63, 3.8) is 0 Å². The zero-order valence-corrected chi connectivity index (χ0v) is 11.4. The maximum absolute atomic E-state index is 10.2. The van der Waals surface area contributed by atoms with Gasteiger partial charge in [-0.2, -0.15) is 0 Å². The second-order valence-corrected chi connectivity index (χ2v) is 4.19. The van der Waals surface area contributed by atoms with Gasteiger partial charge < -0.3 is 35.7 Å². The zero-order valence-electron chi connectivity index (χ0n) is 11.4. The van der Waals surface area contributed by atoms with Crippen LogP contribution < -0.4 is 0 Å². The molecule has 4 unspecified atom stereocenters. The minimum Gasteiger partial charge on any atom is -0.479 e. The summed E-state index contributed by atoms with van der Waals surface area (Å²) in [4.78, 5) is 20.3. The molecule has 4 atom stereocenters. The lowest BCUT2D eigenvalue weighted by Gasteiger charge is -2.23. The Morgan fingerprint density at radius 1 is 0.909 bits per heavy atom. The van der Waals surface area contributed by atoms with Crippen LogP contribution in [0.5, 0.6) is 0 Å². The maximum Gasteiger partial charge on any atom is 0.335 e. The van der Waals surface area contributed by atoms with Crippen LogP contribution in [0.2, 0.25) is 0 Å². The van der Waals surface area contributed by atoms with Crippen molar-refractivity contribution in [3.05, 3.63) is 35.9 Å². The number of carboxylic acids is 2. The second kappa shape index (κ2) is 9.82. The fourth-order valence-corrected chi connectivity index (χ4v) is 1.25. The molecule has 1 rings (SSSR count). The van der Waals surface area contributed by atoms with E-state index in [-0.39, 0.29) is 0 Å². The van der Waals surface area contributed by atoms with Crippen LogP contribution in [0.25, 0.3) is 0 Å². The lowest BCUT2D eigenvalue weighted by Crippen LogP contribution is -2.48. The van der Waals surface area contributed by atoms with Gasteiger partial charge in [-0.15, -0.1) is 0 Å². The van der Waals surface area contributed by atoms with Gasteiger partial charge in [0, 0.05) is 0 Å². The molecule has 0 aliphatic rings. The average Bonchev–Trinajstić information content (AvgIpc) is 2.53. The van der Waals surface area contributed by atoms with Gasteiger partial charge >= 0.3 is 11.9 Å². The van der Waals surface area contributed by atoms with Crippen molar-refractivity contribution < 1.29 is 45.3 Å². The number of aromatic carboxylic acids is 1. The van der Waals surface area contributed by atoms with E-state index in [1.54, 1.807) is 30.3 Å². The van der Waals surface area contributed by atoms with Crippen molar-refractivity contribution >= 4 is 11.9 Å². The Kier molecular flexibility index (Phi) is 8.91. The maximum atomic E-state index is 10.2. The molecular weight excluding hydrogens is 300 g/mol. The Morgan fingerprint density at radius 3 is 1.73 bits per heavy atom. The summed E-state index contributed by atoms with van der Waals surface area (Å²) in [5.74, 6) is -2.60. The third kappa shape index (κ3) is 6.61. The summed E-state index contributed by atoms with van der Waals surface area (Å²) in [5.41, 5.74) is 0.331. The molecular formula is C13H18O9. The van der Waals surface area contributed by atoms with Crippen LogP contribution in [0.1, 0.15) is 10.4 Å². The summed E-state index contributed by atoms with van der Waals surface area (Å²) in [6, 6.07) is 8.30. The first-order chi connectivity index (χ1) is 10.2. The highest BCUT2D eigenvalue weighted by molar-refractivity contribution is 5.87. The summed E-state index contributed by atoms with van der Waals surface area (Å²) in [7, 11) is 0. The van der Waals surface area contributed by atoms with E-state index in [0.29, 0.717) is 5.56 Å². The fraction of sp³-hybridized carbons (Fsp3) is 0.385. The highest BCUT2D eigenvalue weighted by Gasteiger charge is 2.33. The minimum atomic E-state index is -2.20. The fourth-order valence-electron chi connectivity index (χ4n) is 1.25. The van der Waals surface area contributed by atoms with Crippen molar-refractivity contribution in [2.45, 2.75) is 24.4 Å². The van der Waals surface area contributed by atoms with E-state index in [9.17, 15) is 9.59 Å². The number of aliphatic hydroxyl groups excluding tert-OH is 5. The number of aliphatic hydroxyl groups is 5. The first-order valence-electron chi connectivity index (χ1n) is 6.06. The van der Waals surface area contributed by atoms with E-state index < -0.39 is 43.0 Å². The average molecular weight is 318 g/mol. The van der Waals surface area contributed by atoms with E-state index in [1.807, 2.05) is 0 Å². The molecule has 124 valence electrons. The number of benzene rings is 1. The highest BCUT2D eigenvalue weighted by Crippen LogP contribution is 2.04. The topological polar surface area (TPSA) is 176 Å². The van der Waals surface area contributed by atoms with Crippen LogP contribution in [0.4, 0.5) is 0 Å². The first-order valence-corrected chi connectivity index (χ1v) is 6.06. The molecule has 22 heavy (non-hydrogen) atoms. The molecule has 1 aromatic carbocycles. The molecule has 1 aromatic rings. The molecule has 0 bridgehead atoms. The number of carbonyl (C=O) groups is 2. The van der Waals surface area contributed by atoms with Gasteiger partial charge in [-0.1, -0.05) is 18.2 Å². The Balaban J connectivity index is 0.000000425. The van der Waals surface area contributed by atoms with Crippen LogP contribution in [0.3, 0.4) is 0 Å². The predicted octanol–water partition coefficient (Wildman–Crippen LogP) is -2.11. The van der Waals surface area contributed by atoms with Crippen molar-refractivity contribution in [2.24, 2.45) is 0 Å². The van der Waals surface area contributed by atoms with Crippen molar-refractivity contribution in [2.75, 3.05) is 6.61 Å². The normalized spacial score (nSPS) is 15.7. The number of rotatable bonds is 6. The Bertz CT molecular complexity index is 462. The molecule has 7 N–H and O–H groups in total. The van der Waals surface area contributed by atoms with Gasteiger partial charge in [0.25, 0.3) is 0 Å². The predicted molar refractivity (Wildman–Crippen MR) is 72.2 cm³/mol. The molecule has 0 aromatic heterocycles. The molecule has 0 aliphatic carbocycles. The van der Waals surface area contributed by atoms with Crippen LogP contribution >= 0.6 is 0 Å². The summed E-state index contributed by atoms with van der Waals surface area (Å²) >= 11 is 0. The quantitative estimate of drug-likeness (QED) is 0.309. The van der Waals surface area contributed by atoms with Gasteiger partial charge in [0.1, 0.15) is 18.3 Å². The molecule has 0 fully saturated rings. The highest BCUT2D eigenvalue weighted by atomic mass is 16.4. The Morgan fingerprint density at radius 2 is 1.41 bits per heavy atom. The van der Waals surface area contributed by atoms with Gasteiger partial charge in [0.2, 0.25) is 0 Å². The smallest absolute Gasteiger partial charge is 0.335 e. The summed E-state index contributed by atoms with van der Waals surface area (Å²) in [5, 5.41) is 60.2. The van der Waals surface area contributed by atoms with Crippen molar-refractivity contribution in [1.29, 1.82) is 0 Å². The number of aliphatic carboxylic acids is 1. The van der Waals surface area contributed by atoms with E-state index in [1.165, 1.54) is 0 Å². The molecule has 9 nitrogen and oxygen atoms in total. The van der Waals surface area contributed by atoms with E-state index >= 15 is 0 Å². The first kappa shape index (κ1) is 20.0. The van der Waals surface area contributed by atoms with Crippen LogP contribution in [0, 0.1) is 0 Å². The van der Waals surface area contributed by atoms with Crippen LogP contribution in [-0.2, 0) is 4.79 Å². The number of hydrogen-bond donors (Lipinski definition) is 7. The molecule has 0 saturated heterocycles. The van der Waals surface area contributed by atoms with Crippen molar-refractivity contribution in [3.8, 4) is 0 Å². The van der Waals surface area contributed by atoms with E-state index in [4.69, 9.17) is 35.7 Å². The summed E-state index contributed by atoms with van der Waals surface area (Å²) in [6.45, 7) is -0.843. The third-order valence-electron chi connectivity index (χ3n) is 2.53.